The molecule has 0 amide bonds. The summed E-state index contributed by atoms with van der Waals surface area (Å²) in [5.74, 6) is 0.0468. The van der Waals surface area contributed by atoms with Crippen LogP contribution in [-0.2, 0) is 7.05 Å². The highest BCUT2D eigenvalue weighted by atomic mass is 79.9. The van der Waals surface area contributed by atoms with Gasteiger partial charge >= 0.3 is 0 Å². The van der Waals surface area contributed by atoms with Crippen LogP contribution in [0.3, 0.4) is 0 Å². The lowest BCUT2D eigenvalue weighted by Gasteiger charge is -2.20. The van der Waals surface area contributed by atoms with Gasteiger partial charge in [-0.2, -0.15) is 0 Å². The third kappa shape index (κ3) is 4.69. The molecular weight excluding hydrogens is 561 g/mol. The average Bonchev–Trinajstić information content (AvgIpc) is 3.55. The summed E-state index contributed by atoms with van der Waals surface area (Å²) in [5, 5.41) is 16.1. The summed E-state index contributed by atoms with van der Waals surface area (Å²) in [6, 6.07) is 20.5. The Labute approximate surface area is 232 Å². The van der Waals surface area contributed by atoms with Gasteiger partial charge < -0.3 is 10.6 Å². The van der Waals surface area contributed by atoms with E-state index in [9.17, 15) is 9.18 Å². The first kappa shape index (κ1) is 25.2. The van der Waals surface area contributed by atoms with Gasteiger partial charge in [0.2, 0.25) is 5.62 Å². The zero-order valence-electron chi connectivity index (χ0n) is 21.2. The van der Waals surface area contributed by atoms with Crippen molar-refractivity contribution in [2.24, 2.45) is 12.0 Å². The molecule has 39 heavy (non-hydrogen) atoms. The molecule has 0 saturated heterocycles. The van der Waals surface area contributed by atoms with E-state index in [1.54, 1.807) is 17.7 Å². The molecule has 1 aliphatic heterocycles. The summed E-state index contributed by atoms with van der Waals surface area (Å²) >= 11 is 3.73. The Morgan fingerprint density at radius 3 is 2.59 bits per heavy atom. The van der Waals surface area contributed by atoms with E-state index in [2.05, 4.69) is 31.5 Å². The number of nitrogens with zero attached hydrogens (tertiary/aromatic N) is 4. The molecule has 1 unspecified atom stereocenters. The molecule has 2 aliphatic rings. The molecule has 2 aromatic heterocycles. The molecule has 1 fully saturated rings. The van der Waals surface area contributed by atoms with Crippen molar-refractivity contribution in [1.82, 2.24) is 19.4 Å². The van der Waals surface area contributed by atoms with Gasteiger partial charge in [0.05, 0.1) is 24.0 Å². The number of fused-ring (bicyclic) bond motifs is 3. The monoisotopic (exact) mass is 587 g/mol. The summed E-state index contributed by atoms with van der Waals surface area (Å²) in [7, 11) is 1.72. The predicted molar refractivity (Wildman–Crippen MR) is 151 cm³/mol. The van der Waals surface area contributed by atoms with Crippen molar-refractivity contribution in [3.05, 3.63) is 111 Å². The summed E-state index contributed by atoms with van der Waals surface area (Å²) in [6.07, 6.45) is 4.18. The molecule has 0 radical (unpaired) electrons. The van der Waals surface area contributed by atoms with E-state index in [0.29, 0.717) is 17.1 Å². The second-order valence-electron chi connectivity index (χ2n) is 9.81. The fourth-order valence-corrected chi connectivity index (χ4v) is 5.90. The zero-order chi connectivity index (χ0) is 27.1. The number of halogens is 2. The Hall–Kier alpha value is -4.05. The summed E-state index contributed by atoms with van der Waals surface area (Å²) in [4.78, 5) is 22.2. The van der Waals surface area contributed by atoms with Crippen molar-refractivity contribution in [1.29, 1.82) is 5.41 Å². The fraction of sp³-hybridized carbons (Fsp3) is 0.241. The van der Waals surface area contributed by atoms with Gasteiger partial charge in [0.1, 0.15) is 27.3 Å². The highest BCUT2D eigenvalue weighted by Crippen LogP contribution is 2.32. The predicted octanol–water partition coefficient (Wildman–Crippen LogP) is 3.46. The smallest absolute Gasteiger partial charge is 0.267 e. The van der Waals surface area contributed by atoms with Crippen LogP contribution in [0.1, 0.15) is 35.8 Å². The van der Waals surface area contributed by atoms with E-state index in [1.807, 2.05) is 59.2 Å². The van der Waals surface area contributed by atoms with Crippen molar-refractivity contribution >= 4 is 27.4 Å². The van der Waals surface area contributed by atoms with Gasteiger partial charge in [-0.25, -0.2) is 9.38 Å². The van der Waals surface area contributed by atoms with E-state index in [1.165, 1.54) is 12.3 Å². The van der Waals surface area contributed by atoms with E-state index < -0.39 is 0 Å². The van der Waals surface area contributed by atoms with E-state index in [4.69, 9.17) is 10.4 Å². The number of benzene rings is 2. The molecule has 3 N–H and O–H groups in total. The molecule has 4 aromatic rings. The Balaban J connectivity index is 1.43. The minimum absolute atomic E-state index is 0.100. The first-order chi connectivity index (χ1) is 18.9. The molecule has 2 aromatic carbocycles. The van der Waals surface area contributed by atoms with Crippen LogP contribution in [0.25, 0.3) is 17.1 Å². The lowest BCUT2D eigenvalue weighted by atomic mass is 10.1. The number of rotatable bonds is 6. The normalized spacial score (nSPS) is 19.1. The van der Waals surface area contributed by atoms with Crippen molar-refractivity contribution in [2.45, 2.75) is 36.3 Å². The lowest BCUT2D eigenvalue weighted by Crippen LogP contribution is -2.59. The van der Waals surface area contributed by atoms with Gasteiger partial charge in [-0.05, 0) is 49.1 Å². The fourth-order valence-electron chi connectivity index (χ4n) is 5.37. The number of para-hydroxylation sites is 1. The van der Waals surface area contributed by atoms with E-state index in [0.717, 1.165) is 36.1 Å². The maximum Gasteiger partial charge on any atom is 0.267 e. The van der Waals surface area contributed by atoms with Gasteiger partial charge in [0.15, 0.2) is 0 Å². The first-order valence-electron chi connectivity index (χ1n) is 12.8. The number of anilines is 1. The maximum absolute atomic E-state index is 13.7. The summed E-state index contributed by atoms with van der Waals surface area (Å²) < 4.78 is 16.7. The quantitative estimate of drug-likeness (QED) is 0.237. The number of hydrogen-bond donors (Lipinski definition) is 3. The minimum atomic E-state index is -0.384. The largest absolute Gasteiger partial charge is 0.355 e. The number of nitrogens with one attached hydrogen (secondary N) is 3. The number of hydrogen-bond acceptors (Lipinski definition) is 6. The van der Waals surface area contributed by atoms with Crippen LogP contribution in [0.15, 0.2) is 82.7 Å². The van der Waals surface area contributed by atoms with Crippen LogP contribution in [-0.4, -0.2) is 20.2 Å². The van der Waals surface area contributed by atoms with Crippen LogP contribution in [0.5, 0.6) is 0 Å². The van der Waals surface area contributed by atoms with E-state index in [-0.39, 0.29) is 39.1 Å². The highest BCUT2D eigenvalue weighted by Gasteiger charge is 2.35. The molecule has 6 rings (SSSR count). The molecule has 198 valence electrons. The second kappa shape index (κ2) is 10.3. The third-order valence-corrected chi connectivity index (χ3v) is 8.12. The van der Waals surface area contributed by atoms with Gasteiger partial charge in [-0.3, -0.25) is 24.3 Å². The Kier molecular flexibility index (Phi) is 6.64. The van der Waals surface area contributed by atoms with Crippen LogP contribution in [0.2, 0.25) is 0 Å². The molecule has 0 bridgehead atoms. The Morgan fingerprint density at radius 2 is 1.87 bits per heavy atom. The van der Waals surface area contributed by atoms with Crippen molar-refractivity contribution in [3.63, 3.8) is 0 Å². The van der Waals surface area contributed by atoms with Crippen molar-refractivity contribution < 1.29 is 4.39 Å². The van der Waals surface area contributed by atoms with Gasteiger partial charge in [0, 0.05) is 18.3 Å². The third-order valence-electron chi connectivity index (χ3n) is 7.36. The molecule has 1 aliphatic carbocycles. The Morgan fingerprint density at radius 1 is 1.10 bits per heavy atom. The van der Waals surface area contributed by atoms with E-state index >= 15 is 0 Å². The maximum atomic E-state index is 13.7. The topological polar surface area (TPSA) is 100 Å². The number of alkyl halides is 1. The number of pyridine rings is 1. The average molecular weight is 588 g/mol. The standard InChI is InChI=1S/C29H27BrFN7O/c1-37-28(39)24(26(32)38-23-9-5-8-22(23)35-29(37)38)27(34-20-6-3-2-4-7-20)36-25(30)18-12-10-17(11-13-18)21-15-14-19(31)16-33-21/h2-4,6-7,10-16,22-23,25,32,34,36H,5,8-9H2,1H3/b27-24+,32-26?/t22-,23+,25?/m1/s1. The Bertz CT molecular complexity index is 1770. The number of aromatic nitrogens is 3. The van der Waals surface area contributed by atoms with Gasteiger partial charge in [0.25, 0.3) is 5.56 Å². The molecular formula is C29H27BrFN7O. The van der Waals surface area contributed by atoms with Gasteiger partial charge in [-0.15, -0.1) is 0 Å². The first-order valence-corrected chi connectivity index (χ1v) is 13.7. The summed E-state index contributed by atoms with van der Waals surface area (Å²) in [6.45, 7) is 0. The highest BCUT2D eigenvalue weighted by molar-refractivity contribution is 9.09. The molecule has 8 nitrogen and oxygen atoms in total. The van der Waals surface area contributed by atoms with Crippen LogP contribution in [0.4, 0.5) is 10.1 Å². The molecule has 10 heteroatoms. The van der Waals surface area contributed by atoms with Crippen molar-refractivity contribution in [2.75, 3.05) is 5.32 Å². The van der Waals surface area contributed by atoms with Crippen LogP contribution >= 0.6 is 15.9 Å². The molecule has 0 spiro atoms. The van der Waals surface area contributed by atoms with Crippen LogP contribution < -0.4 is 32.5 Å². The second-order valence-corrected chi connectivity index (χ2v) is 10.7. The SMILES string of the molecule is Cn1c(=O)/c(=C(\Nc2ccccc2)NC(Br)c2ccc(-c3ccc(F)cn3)cc2)c(=N)n2c1=N[C@@H]1CCC[C@@H]12. The molecule has 3 heterocycles. The molecule has 3 atom stereocenters. The van der Waals surface area contributed by atoms with Gasteiger partial charge in [-0.1, -0.05) is 58.4 Å². The lowest BCUT2D eigenvalue weighted by molar-refractivity contribution is 0.465. The minimum Gasteiger partial charge on any atom is -0.355 e. The summed E-state index contributed by atoms with van der Waals surface area (Å²) in [5.41, 5.74) is 3.63. The van der Waals surface area contributed by atoms with Crippen LogP contribution in [0, 0.1) is 11.2 Å². The van der Waals surface area contributed by atoms with Crippen molar-refractivity contribution in [3.8, 4) is 11.3 Å². The zero-order valence-corrected chi connectivity index (χ0v) is 22.8. The molecule has 1 saturated carbocycles.